The van der Waals surface area contributed by atoms with Gasteiger partial charge in [-0.1, -0.05) is 269 Å². The molecule has 0 radical (unpaired) electrons. The molecule has 0 rings (SSSR count). The lowest BCUT2D eigenvalue weighted by molar-refractivity contribution is -0.167. The van der Waals surface area contributed by atoms with Gasteiger partial charge < -0.3 is 14.2 Å². The molecule has 0 heterocycles. The third kappa shape index (κ3) is 54.6. The Morgan fingerprint density at radius 3 is 0.868 bits per heavy atom. The maximum absolute atomic E-state index is 12.9. The summed E-state index contributed by atoms with van der Waals surface area (Å²) in [4.78, 5) is 38.2. The Balaban J connectivity index is 4.33. The standard InChI is InChI=1S/C62H114O6/c1-4-7-10-13-16-19-22-25-28-30-31-33-34-37-40-43-46-49-52-55-61(64)67-58-59(57-66-60(63)54-51-48-45-42-39-36-27-24-21-18-15-12-9-6-3)68-62(65)56-53-50-47-44-41-38-35-32-29-26-23-20-17-14-11-8-5-2/h15,18,24,26-27,29,59H,4-14,16-17,19-23,25,28,30-58H2,1-3H3/b18-15-,27-24-,29-26-/t59-/m1/s1. The maximum atomic E-state index is 12.9. The molecule has 0 aliphatic heterocycles. The Bertz CT molecular complexity index is 1140. The smallest absolute Gasteiger partial charge is 0.306 e. The van der Waals surface area contributed by atoms with Crippen molar-refractivity contribution in [2.24, 2.45) is 0 Å². The summed E-state index contributed by atoms with van der Waals surface area (Å²) in [6.45, 7) is 6.63. The predicted octanol–water partition coefficient (Wildman–Crippen LogP) is 20.0. The van der Waals surface area contributed by atoms with E-state index in [1.165, 1.54) is 205 Å². The second-order valence-electron chi connectivity index (χ2n) is 20.3. The molecule has 0 aliphatic carbocycles. The fourth-order valence-electron chi connectivity index (χ4n) is 8.81. The molecule has 0 N–H and O–H groups in total. The van der Waals surface area contributed by atoms with Crippen LogP contribution in [0, 0.1) is 0 Å². The number of carbonyl (C=O) groups excluding carboxylic acids is 3. The average Bonchev–Trinajstić information content (AvgIpc) is 3.34. The van der Waals surface area contributed by atoms with E-state index in [0.29, 0.717) is 19.3 Å². The first kappa shape index (κ1) is 65.6. The Kier molecular flexibility index (Phi) is 55.2. The van der Waals surface area contributed by atoms with E-state index in [1.54, 1.807) is 0 Å². The zero-order chi connectivity index (χ0) is 49.3. The fraction of sp³-hybridized carbons (Fsp3) is 0.855. The molecule has 0 unspecified atom stereocenters. The molecule has 0 amide bonds. The van der Waals surface area contributed by atoms with Gasteiger partial charge in [-0.3, -0.25) is 14.4 Å². The summed E-state index contributed by atoms with van der Waals surface area (Å²) in [7, 11) is 0. The lowest BCUT2D eigenvalue weighted by atomic mass is 10.0. The first-order valence-electron chi connectivity index (χ1n) is 30.0. The molecular weight excluding hydrogens is 841 g/mol. The molecule has 0 saturated heterocycles. The van der Waals surface area contributed by atoms with Gasteiger partial charge in [-0.05, 0) is 70.6 Å². The van der Waals surface area contributed by atoms with Gasteiger partial charge in [0.15, 0.2) is 6.10 Å². The first-order valence-corrected chi connectivity index (χ1v) is 30.0. The number of unbranched alkanes of at least 4 members (excludes halogenated alkanes) is 38. The van der Waals surface area contributed by atoms with Crippen LogP contribution in [0.15, 0.2) is 36.5 Å². The zero-order valence-corrected chi connectivity index (χ0v) is 45.6. The van der Waals surface area contributed by atoms with Gasteiger partial charge in [0.25, 0.3) is 0 Å². The van der Waals surface area contributed by atoms with Crippen molar-refractivity contribution in [3.8, 4) is 0 Å². The summed E-state index contributed by atoms with van der Waals surface area (Å²) in [6, 6.07) is 0. The maximum Gasteiger partial charge on any atom is 0.306 e. The van der Waals surface area contributed by atoms with Crippen LogP contribution in [0.2, 0.25) is 0 Å². The van der Waals surface area contributed by atoms with Crippen molar-refractivity contribution >= 4 is 17.9 Å². The molecular formula is C62H114O6. The summed E-state index contributed by atoms with van der Waals surface area (Å²) in [5.74, 6) is -0.874. The van der Waals surface area contributed by atoms with Crippen molar-refractivity contribution in [1.82, 2.24) is 0 Å². The van der Waals surface area contributed by atoms with Crippen LogP contribution in [0.5, 0.6) is 0 Å². The fourth-order valence-corrected chi connectivity index (χ4v) is 8.81. The summed E-state index contributed by atoms with van der Waals surface area (Å²) in [5, 5.41) is 0. The number of carbonyl (C=O) groups is 3. The van der Waals surface area contributed by atoms with Gasteiger partial charge in [0.2, 0.25) is 0 Å². The van der Waals surface area contributed by atoms with Crippen LogP contribution in [0.3, 0.4) is 0 Å². The lowest BCUT2D eigenvalue weighted by Gasteiger charge is -2.18. The number of ether oxygens (including phenoxy) is 3. The third-order valence-electron chi connectivity index (χ3n) is 13.4. The molecule has 68 heavy (non-hydrogen) atoms. The highest BCUT2D eigenvalue weighted by Crippen LogP contribution is 2.17. The molecule has 0 fully saturated rings. The molecule has 6 heteroatoms. The van der Waals surface area contributed by atoms with Crippen LogP contribution in [0.1, 0.15) is 323 Å². The van der Waals surface area contributed by atoms with Crippen LogP contribution in [-0.4, -0.2) is 37.2 Å². The van der Waals surface area contributed by atoms with Crippen LogP contribution in [0.25, 0.3) is 0 Å². The molecule has 398 valence electrons. The van der Waals surface area contributed by atoms with Gasteiger partial charge in [-0.15, -0.1) is 0 Å². The van der Waals surface area contributed by atoms with Gasteiger partial charge in [0.1, 0.15) is 13.2 Å². The van der Waals surface area contributed by atoms with Gasteiger partial charge in [0.05, 0.1) is 0 Å². The molecule has 6 nitrogen and oxygen atoms in total. The van der Waals surface area contributed by atoms with Gasteiger partial charge >= 0.3 is 17.9 Å². The third-order valence-corrected chi connectivity index (χ3v) is 13.4. The van der Waals surface area contributed by atoms with E-state index in [0.717, 1.165) is 77.0 Å². The number of esters is 3. The normalized spacial score (nSPS) is 12.2. The Morgan fingerprint density at radius 1 is 0.294 bits per heavy atom. The number of allylic oxidation sites excluding steroid dienone is 6. The highest BCUT2D eigenvalue weighted by molar-refractivity contribution is 5.71. The van der Waals surface area contributed by atoms with Crippen molar-refractivity contribution in [2.45, 2.75) is 329 Å². The quantitative estimate of drug-likeness (QED) is 0.0262. The van der Waals surface area contributed by atoms with Gasteiger partial charge in [0, 0.05) is 19.3 Å². The second-order valence-corrected chi connectivity index (χ2v) is 20.3. The van der Waals surface area contributed by atoms with Crippen LogP contribution < -0.4 is 0 Å². The second kappa shape index (κ2) is 57.2. The van der Waals surface area contributed by atoms with Gasteiger partial charge in [-0.2, -0.15) is 0 Å². The summed E-state index contributed by atoms with van der Waals surface area (Å²) >= 11 is 0. The Hall–Kier alpha value is -2.37. The summed E-state index contributed by atoms with van der Waals surface area (Å²) < 4.78 is 16.9. The average molecular weight is 956 g/mol. The van der Waals surface area contributed by atoms with E-state index in [9.17, 15) is 14.4 Å². The van der Waals surface area contributed by atoms with Crippen molar-refractivity contribution in [1.29, 1.82) is 0 Å². The van der Waals surface area contributed by atoms with E-state index < -0.39 is 6.10 Å². The van der Waals surface area contributed by atoms with E-state index in [2.05, 4.69) is 57.2 Å². The number of rotatable bonds is 55. The monoisotopic (exact) mass is 955 g/mol. The molecule has 0 spiro atoms. The minimum absolute atomic E-state index is 0.0746. The Labute approximate surface area is 423 Å². The number of hydrogen-bond donors (Lipinski definition) is 0. The van der Waals surface area contributed by atoms with E-state index >= 15 is 0 Å². The first-order chi connectivity index (χ1) is 33.5. The molecule has 0 aliphatic rings. The van der Waals surface area contributed by atoms with Crippen LogP contribution >= 0.6 is 0 Å². The van der Waals surface area contributed by atoms with Crippen molar-refractivity contribution in [2.75, 3.05) is 13.2 Å². The molecule has 1 atom stereocenters. The van der Waals surface area contributed by atoms with Crippen molar-refractivity contribution < 1.29 is 28.6 Å². The minimum atomic E-state index is -0.778. The molecule has 0 aromatic rings. The lowest BCUT2D eigenvalue weighted by Crippen LogP contribution is -2.30. The summed E-state index contributed by atoms with van der Waals surface area (Å²) in [6.07, 6.45) is 68.5. The minimum Gasteiger partial charge on any atom is -0.462 e. The Morgan fingerprint density at radius 2 is 0.544 bits per heavy atom. The van der Waals surface area contributed by atoms with Crippen LogP contribution in [-0.2, 0) is 28.6 Å². The topological polar surface area (TPSA) is 78.9 Å². The van der Waals surface area contributed by atoms with Crippen LogP contribution in [0.4, 0.5) is 0 Å². The SMILES string of the molecule is CCCC/C=C\C/C=C\CCCCCCCC(=O)OC[C@H](COC(=O)CCCCCCCCCCCCCCCCCCCCC)OC(=O)CCCCCCCCC/C=C\CCCCCCCC. The highest BCUT2D eigenvalue weighted by atomic mass is 16.6. The zero-order valence-electron chi connectivity index (χ0n) is 45.6. The molecule has 0 aromatic carbocycles. The number of hydrogen-bond acceptors (Lipinski definition) is 6. The molecule has 0 saturated carbocycles. The van der Waals surface area contributed by atoms with Crippen molar-refractivity contribution in [3.63, 3.8) is 0 Å². The molecule has 0 aromatic heterocycles. The van der Waals surface area contributed by atoms with Gasteiger partial charge in [-0.25, -0.2) is 0 Å². The van der Waals surface area contributed by atoms with E-state index in [1.807, 2.05) is 0 Å². The largest absolute Gasteiger partial charge is 0.462 e. The summed E-state index contributed by atoms with van der Waals surface area (Å²) in [5.41, 5.74) is 0. The van der Waals surface area contributed by atoms with E-state index in [-0.39, 0.29) is 31.1 Å². The highest BCUT2D eigenvalue weighted by Gasteiger charge is 2.19. The van der Waals surface area contributed by atoms with E-state index in [4.69, 9.17) is 14.2 Å². The predicted molar refractivity (Wildman–Crippen MR) is 293 cm³/mol. The van der Waals surface area contributed by atoms with Crippen molar-refractivity contribution in [3.05, 3.63) is 36.5 Å². The molecule has 0 bridgehead atoms.